The molecular formula is C14H22FNO2. The Balaban J connectivity index is 2.75. The molecule has 0 radical (unpaired) electrons. The van der Waals surface area contributed by atoms with Crippen molar-refractivity contribution in [3.63, 3.8) is 0 Å². The lowest BCUT2D eigenvalue weighted by Crippen LogP contribution is -2.22. The second-order valence-electron chi connectivity index (χ2n) is 5.10. The van der Waals surface area contributed by atoms with Crippen molar-refractivity contribution in [2.45, 2.75) is 38.8 Å². The minimum Gasteiger partial charge on any atom is -0.493 e. The van der Waals surface area contributed by atoms with E-state index in [0.29, 0.717) is 18.8 Å². The SMILES string of the molecule is CNC(C)c1cc(F)ccc1OCCC(C)(C)O. The summed E-state index contributed by atoms with van der Waals surface area (Å²) in [5.74, 6) is 0.379. The van der Waals surface area contributed by atoms with Gasteiger partial charge in [0, 0.05) is 18.0 Å². The van der Waals surface area contributed by atoms with E-state index in [0.717, 1.165) is 5.56 Å². The van der Waals surface area contributed by atoms with Gasteiger partial charge in [-0.05, 0) is 46.0 Å². The lowest BCUT2D eigenvalue weighted by atomic mass is 10.1. The second kappa shape index (κ2) is 6.16. The van der Waals surface area contributed by atoms with E-state index in [2.05, 4.69) is 5.32 Å². The summed E-state index contributed by atoms with van der Waals surface area (Å²) in [7, 11) is 1.82. The number of hydrogen-bond acceptors (Lipinski definition) is 3. The molecule has 0 aliphatic rings. The lowest BCUT2D eigenvalue weighted by molar-refractivity contribution is 0.0551. The third kappa shape index (κ3) is 4.63. The average Bonchev–Trinajstić information content (AvgIpc) is 2.28. The lowest BCUT2D eigenvalue weighted by Gasteiger charge is -2.20. The summed E-state index contributed by atoms with van der Waals surface area (Å²) in [5.41, 5.74) is 0.0303. The van der Waals surface area contributed by atoms with Crippen molar-refractivity contribution in [2.75, 3.05) is 13.7 Å². The molecule has 4 heteroatoms. The van der Waals surface area contributed by atoms with E-state index in [9.17, 15) is 9.50 Å². The standard InChI is InChI=1S/C14H22FNO2/c1-10(16-4)12-9-11(15)5-6-13(12)18-8-7-14(2,3)17/h5-6,9-10,16-17H,7-8H2,1-4H3. The third-order valence-electron chi connectivity index (χ3n) is 2.84. The Bertz CT molecular complexity index is 388. The number of aliphatic hydroxyl groups is 1. The molecule has 3 nitrogen and oxygen atoms in total. The van der Waals surface area contributed by atoms with Gasteiger partial charge in [-0.25, -0.2) is 4.39 Å². The Kier molecular flexibility index (Phi) is 5.11. The van der Waals surface area contributed by atoms with Crippen molar-refractivity contribution in [1.29, 1.82) is 0 Å². The highest BCUT2D eigenvalue weighted by molar-refractivity contribution is 5.36. The van der Waals surface area contributed by atoms with Gasteiger partial charge in [-0.15, -0.1) is 0 Å². The summed E-state index contributed by atoms with van der Waals surface area (Å²) >= 11 is 0. The molecule has 0 aliphatic carbocycles. The summed E-state index contributed by atoms with van der Waals surface area (Å²) in [6.45, 7) is 5.81. The first-order chi connectivity index (χ1) is 8.33. The molecule has 1 aromatic rings. The maximum Gasteiger partial charge on any atom is 0.124 e. The van der Waals surface area contributed by atoms with Gasteiger partial charge < -0.3 is 15.2 Å². The van der Waals surface area contributed by atoms with E-state index in [-0.39, 0.29) is 11.9 Å². The Labute approximate surface area is 108 Å². The van der Waals surface area contributed by atoms with Crippen LogP contribution in [-0.2, 0) is 0 Å². The largest absolute Gasteiger partial charge is 0.493 e. The molecule has 0 aromatic heterocycles. The van der Waals surface area contributed by atoms with Crippen molar-refractivity contribution in [1.82, 2.24) is 5.32 Å². The first-order valence-corrected chi connectivity index (χ1v) is 6.15. The first-order valence-electron chi connectivity index (χ1n) is 6.15. The summed E-state index contributed by atoms with van der Waals surface area (Å²) in [4.78, 5) is 0. The highest BCUT2D eigenvalue weighted by Gasteiger charge is 2.15. The van der Waals surface area contributed by atoms with Gasteiger partial charge in [0.1, 0.15) is 11.6 Å². The zero-order valence-electron chi connectivity index (χ0n) is 11.5. The van der Waals surface area contributed by atoms with E-state index in [1.54, 1.807) is 19.9 Å². The number of nitrogens with one attached hydrogen (secondary N) is 1. The van der Waals surface area contributed by atoms with E-state index in [1.165, 1.54) is 12.1 Å². The van der Waals surface area contributed by atoms with E-state index in [1.807, 2.05) is 14.0 Å². The smallest absolute Gasteiger partial charge is 0.124 e. The van der Waals surface area contributed by atoms with Gasteiger partial charge >= 0.3 is 0 Å². The predicted octanol–water partition coefficient (Wildman–Crippen LogP) is 2.65. The minimum absolute atomic E-state index is 0.0119. The zero-order chi connectivity index (χ0) is 13.8. The molecule has 0 saturated heterocycles. The molecule has 102 valence electrons. The maximum absolute atomic E-state index is 13.2. The summed E-state index contributed by atoms with van der Waals surface area (Å²) in [6.07, 6.45) is 0.526. The molecule has 0 amide bonds. The number of rotatable bonds is 6. The van der Waals surface area contributed by atoms with Crippen LogP contribution < -0.4 is 10.1 Å². The van der Waals surface area contributed by atoms with Gasteiger partial charge in [0.2, 0.25) is 0 Å². The molecule has 1 aromatic carbocycles. The molecule has 1 unspecified atom stereocenters. The molecule has 0 fully saturated rings. The predicted molar refractivity (Wildman–Crippen MR) is 70.3 cm³/mol. The topological polar surface area (TPSA) is 41.5 Å². The van der Waals surface area contributed by atoms with Crippen molar-refractivity contribution in [2.24, 2.45) is 0 Å². The van der Waals surface area contributed by atoms with Gasteiger partial charge in [0.15, 0.2) is 0 Å². The van der Waals surface area contributed by atoms with Crippen LogP contribution >= 0.6 is 0 Å². The molecule has 0 saturated carbocycles. The quantitative estimate of drug-likeness (QED) is 0.821. The molecule has 18 heavy (non-hydrogen) atoms. The van der Waals surface area contributed by atoms with E-state index < -0.39 is 5.60 Å². The van der Waals surface area contributed by atoms with E-state index in [4.69, 9.17) is 4.74 Å². The highest BCUT2D eigenvalue weighted by Crippen LogP contribution is 2.26. The molecule has 0 spiro atoms. The van der Waals surface area contributed by atoms with Crippen LogP contribution in [0.1, 0.15) is 38.8 Å². The Morgan fingerprint density at radius 1 is 1.44 bits per heavy atom. The molecule has 0 aliphatic heterocycles. The van der Waals surface area contributed by atoms with Crippen LogP contribution in [-0.4, -0.2) is 24.4 Å². The van der Waals surface area contributed by atoms with Crippen molar-refractivity contribution in [3.8, 4) is 5.75 Å². The van der Waals surface area contributed by atoms with Crippen LogP contribution in [0.15, 0.2) is 18.2 Å². The fraction of sp³-hybridized carbons (Fsp3) is 0.571. The fourth-order valence-corrected chi connectivity index (χ4v) is 1.56. The minimum atomic E-state index is -0.755. The number of halogens is 1. The summed E-state index contributed by atoms with van der Waals surface area (Å²) in [5, 5.41) is 12.7. The monoisotopic (exact) mass is 255 g/mol. The average molecular weight is 255 g/mol. The molecular weight excluding hydrogens is 233 g/mol. The molecule has 1 atom stereocenters. The van der Waals surface area contributed by atoms with E-state index >= 15 is 0 Å². The van der Waals surface area contributed by atoms with Gasteiger partial charge in [-0.1, -0.05) is 0 Å². The van der Waals surface area contributed by atoms with Crippen molar-refractivity contribution < 1.29 is 14.2 Å². The second-order valence-corrected chi connectivity index (χ2v) is 5.10. The number of hydrogen-bond donors (Lipinski definition) is 2. The van der Waals surface area contributed by atoms with Crippen LogP contribution in [0, 0.1) is 5.82 Å². The van der Waals surface area contributed by atoms with Crippen LogP contribution in [0.25, 0.3) is 0 Å². The summed E-state index contributed by atoms with van der Waals surface area (Å²) < 4.78 is 18.9. The molecule has 1 rings (SSSR count). The molecule has 0 heterocycles. The normalized spacial score (nSPS) is 13.4. The highest BCUT2D eigenvalue weighted by atomic mass is 19.1. The van der Waals surface area contributed by atoms with Gasteiger partial charge in [0.05, 0.1) is 12.2 Å². The van der Waals surface area contributed by atoms with Crippen molar-refractivity contribution >= 4 is 0 Å². The molecule has 2 N–H and O–H groups in total. The van der Waals surface area contributed by atoms with Crippen molar-refractivity contribution in [3.05, 3.63) is 29.6 Å². The maximum atomic E-state index is 13.2. The van der Waals surface area contributed by atoms with Crippen LogP contribution in [0.5, 0.6) is 5.75 Å². The third-order valence-corrected chi connectivity index (χ3v) is 2.84. The van der Waals surface area contributed by atoms with Gasteiger partial charge in [0.25, 0.3) is 0 Å². The van der Waals surface area contributed by atoms with Crippen LogP contribution in [0.2, 0.25) is 0 Å². The van der Waals surface area contributed by atoms with Gasteiger partial charge in [-0.2, -0.15) is 0 Å². The van der Waals surface area contributed by atoms with Crippen LogP contribution in [0.4, 0.5) is 4.39 Å². The molecule has 0 bridgehead atoms. The Morgan fingerprint density at radius 3 is 2.67 bits per heavy atom. The number of benzene rings is 1. The Morgan fingerprint density at radius 2 is 2.11 bits per heavy atom. The fourth-order valence-electron chi connectivity index (χ4n) is 1.56. The Hall–Kier alpha value is -1.13. The first kappa shape index (κ1) is 14.9. The zero-order valence-corrected chi connectivity index (χ0v) is 11.5. The van der Waals surface area contributed by atoms with Gasteiger partial charge in [-0.3, -0.25) is 0 Å². The summed E-state index contributed by atoms with van der Waals surface area (Å²) in [6, 6.07) is 4.49. The number of ether oxygens (including phenoxy) is 1. The van der Waals surface area contributed by atoms with Crippen LogP contribution in [0.3, 0.4) is 0 Å².